The first kappa shape index (κ1) is 20.2. The largest absolute Gasteiger partial charge is 0.490 e. The average Bonchev–Trinajstić information content (AvgIpc) is 2.66. The zero-order valence-electron chi connectivity index (χ0n) is 16.3. The van der Waals surface area contributed by atoms with Crippen molar-refractivity contribution in [3.05, 3.63) is 71.3 Å². The summed E-state index contributed by atoms with van der Waals surface area (Å²) in [6, 6.07) is 16.5. The van der Waals surface area contributed by atoms with Gasteiger partial charge in [-0.1, -0.05) is 56.3 Å². The van der Waals surface area contributed by atoms with Crippen LogP contribution in [0.5, 0.6) is 5.75 Å². The van der Waals surface area contributed by atoms with Gasteiger partial charge in [-0.2, -0.15) is 0 Å². The van der Waals surface area contributed by atoms with Crippen LogP contribution in [0, 0.1) is 0 Å². The number of hydrogen-bond donors (Lipinski definition) is 0. The second-order valence-corrected chi connectivity index (χ2v) is 6.35. The van der Waals surface area contributed by atoms with Crippen molar-refractivity contribution in [2.45, 2.75) is 39.9 Å². The number of hydrogen-bond acceptors (Lipinski definition) is 3. The highest BCUT2D eigenvalue weighted by atomic mass is 16.7. The molecule has 0 aromatic heterocycles. The number of rotatable bonds is 10. The molecule has 140 valence electrons. The molecule has 0 aliphatic heterocycles. The molecule has 0 aliphatic carbocycles. The van der Waals surface area contributed by atoms with Gasteiger partial charge in [-0.25, -0.2) is 0 Å². The van der Waals surface area contributed by atoms with E-state index in [0.29, 0.717) is 25.7 Å². The van der Waals surface area contributed by atoms with Gasteiger partial charge in [0.05, 0.1) is 0 Å². The van der Waals surface area contributed by atoms with Gasteiger partial charge in [-0.05, 0) is 49.1 Å². The van der Waals surface area contributed by atoms with E-state index in [9.17, 15) is 0 Å². The van der Waals surface area contributed by atoms with Crippen molar-refractivity contribution in [3.63, 3.8) is 0 Å². The predicted molar refractivity (Wildman–Crippen MR) is 107 cm³/mol. The Morgan fingerprint density at radius 3 is 1.92 bits per heavy atom. The molecule has 0 bridgehead atoms. The fourth-order valence-corrected chi connectivity index (χ4v) is 2.59. The van der Waals surface area contributed by atoms with Crippen molar-refractivity contribution in [1.29, 1.82) is 0 Å². The summed E-state index contributed by atoms with van der Waals surface area (Å²) < 4.78 is 17.0. The molecule has 26 heavy (non-hydrogen) atoms. The Hall–Kier alpha value is -2.10. The standard InChI is InChI=1S/C23H30O3/c1-5-24-23(25-6-2)21-11-9-19(10-12-21)8-7-17-26-22-15-13-20(14-16-22)18(3)4/h7-16,18,23H,5-6,17H2,1-4H3. The van der Waals surface area contributed by atoms with Crippen LogP contribution < -0.4 is 4.74 Å². The Kier molecular flexibility index (Phi) is 8.39. The summed E-state index contributed by atoms with van der Waals surface area (Å²) in [6.45, 7) is 10.1. The molecule has 0 unspecified atom stereocenters. The van der Waals surface area contributed by atoms with Crippen molar-refractivity contribution >= 4 is 6.08 Å². The highest BCUT2D eigenvalue weighted by molar-refractivity contribution is 5.50. The lowest BCUT2D eigenvalue weighted by molar-refractivity contribution is -0.140. The summed E-state index contributed by atoms with van der Waals surface area (Å²) in [5.41, 5.74) is 3.48. The highest BCUT2D eigenvalue weighted by Gasteiger charge is 2.10. The Labute approximate surface area is 157 Å². The Morgan fingerprint density at radius 1 is 0.808 bits per heavy atom. The Morgan fingerprint density at radius 2 is 1.38 bits per heavy atom. The molecule has 0 fully saturated rings. The van der Waals surface area contributed by atoms with Gasteiger partial charge in [0.2, 0.25) is 0 Å². The smallest absolute Gasteiger partial charge is 0.183 e. The molecule has 2 aromatic carbocycles. The molecule has 0 saturated carbocycles. The lowest BCUT2D eigenvalue weighted by Crippen LogP contribution is -2.08. The fraction of sp³-hybridized carbons (Fsp3) is 0.391. The van der Waals surface area contributed by atoms with Crippen molar-refractivity contribution in [2.24, 2.45) is 0 Å². The molecule has 3 nitrogen and oxygen atoms in total. The average molecular weight is 354 g/mol. The molecule has 2 aromatic rings. The van der Waals surface area contributed by atoms with E-state index in [1.54, 1.807) is 0 Å². The molecule has 0 amide bonds. The van der Waals surface area contributed by atoms with E-state index >= 15 is 0 Å². The summed E-state index contributed by atoms with van der Waals surface area (Å²) in [5.74, 6) is 1.43. The minimum atomic E-state index is -0.292. The van der Waals surface area contributed by atoms with Gasteiger partial charge in [0.25, 0.3) is 0 Å². The number of benzene rings is 2. The summed E-state index contributed by atoms with van der Waals surface area (Å²) in [7, 11) is 0. The molecular formula is C23H30O3. The first-order valence-corrected chi connectivity index (χ1v) is 9.36. The van der Waals surface area contributed by atoms with E-state index in [1.807, 2.05) is 44.2 Å². The highest BCUT2D eigenvalue weighted by Crippen LogP contribution is 2.20. The van der Waals surface area contributed by atoms with Gasteiger partial charge in [-0.3, -0.25) is 0 Å². The van der Waals surface area contributed by atoms with Gasteiger partial charge in [-0.15, -0.1) is 0 Å². The van der Waals surface area contributed by atoms with Gasteiger partial charge < -0.3 is 14.2 Å². The molecular weight excluding hydrogens is 324 g/mol. The summed E-state index contributed by atoms with van der Waals surface area (Å²) >= 11 is 0. The number of ether oxygens (including phenoxy) is 3. The van der Waals surface area contributed by atoms with E-state index in [1.165, 1.54) is 5.56 Å². The van der Waals surface area contributed by atoms with E-state index in [0.717, 1.165) is 16.9 Å². The lowest BCUT2D eigenvalue weighted by atomic mass is 10.0. The van der Waals surface area contributed by atoms with Crippen LogP contribution in [0.2, 0.25) is 0 Å². The van der Waals surface area contributed by atoms with Gasteiger partial charge in [0.15, 0.2) is 6.29 Å². The molecule has 0 atom stereocenters. The van der Waals surface area contributed by atoms with Crippen LogP contribution in [0.3, 0.4) is 0 Å². The zero-order valence-corrected chi connectivity index (χ0v) is 16.3. The van der Waals surface area contributed by atoms with Crippen LogP contribution >= 0.6 is 0 Å². The third kappa shape index (κ3) is 6.32. The lowest BCUT2D eigenvalue weighted by Gasteiger charge is -2.17. The Bertz CT molecular complexity index is 651. The second-order valence-electron chi connectivity index (χ2n) is 6.35. The molecule has 0 spiro atoms. The molecule has 0 aliphatic rings. The summed E-state index contributed by atoms with van der Waals surface area (Å²) in [6.07, 6.45) is 3.79. The second kappa shape index (κ2) is 10.8. The molecule has 0 N–H and O–H groups in total. The van der Waals surface area contributed by atoms with E-state index in [-0.39, 0.29) is 6.29 Å². The molecule has 0 saturated heterocycles. The molecule has 0 heterocycles. The van der Waals surface area contributed by atoms with Gasteiger partial charge in [0.1, 0.15) is 12.4 Å². The SMILES string of the molecule is CCOC(OCC)c1ccc(C=CCOc2ccc(C(C)C)cc2)cc1. The minimum absolute atomic E-state index is 0.292. The van der Waals surface area contributed by atoms with Crippen LogP contribution in [-0.4, -0.2) is 19.8 Å². The van der Waals surface area contributed by atoms with E-state index < -0.39 is 0 Å². The Balaban J connectivity index is 1.86. The van der Waals surface area contributed by atoms with Crippen molar-refractivity contribution in [2.75, 3.05) is 19.8 Å². The van der Waals surface area contributed by atoms with Crippen molar-refractivity contribution in [3.8, 4) is 5.75 Å². The quantitative estimate of drug-likeness (QED) is 0.492. The van der Waals surface area contributed by atoms with Crippen molar-refractivity contribution < 1.29 is 14.2 Å². The van der Waals surface area contributed by atoms with Crippen LogP contribution in [0.1, 0.15) is 56.6 Å². The third-order valence-electron chi connectivity index (χ3n) is 4.05. The van der Waals surface area contributed by atoms with Crippen LogP contribution in [0.25, 0.3) is 6.08 Å². The maximum absolute atomic E-state index is 5.76. The topological polar surface area (TPSA) is 27.7 Å². The van der Waals surface area contributed by atoms with Gasteiger partial charge >= 0.3 is 0 Å². The zero-order chi connectivity index (χ0) is 18.8. The van der Waals surface area contributed by atoms with E-state index in [4.69, 9.17) is 14.2 Å². The van der Waals surface area contributed by atoms with Crippen LogP contribution in [0.4, 0.5) is 0 Å². The third-order valence-corrected chi connectivity index (χ3v) is 4.05. The minimum Gasteiger partial charge on any atom is -0.490 e. The van der Waals surface area contributed by atoms with Crippen LogP contribution in [-0.2, 0) is 9.47 Å². The van der Waals surface area contributed by atoms with Gasteiger partial charge in [0, 0.05) is 18.8 Å². The van der Waals surface area contributed by atoms with Crippen LogP contribution in [0.15, 0.2) is 54.6 Å². The molecule has 2 rings (SSSR count). The van der Waals surface area contributed by atoms with E-state index in [2.05, 4.69) is 44.2 Å². The summed E-state index contributed by atoms with van der Waals surface area (Å²) in [4.78, 5) is 0. The molecule has 3 heteroatoms. The maximum atomic E-state index is 5.76. The monoisotopic (exact) mass is 354 g/mol. The summed E-state index contributed by atoms with van der Waals surface area (Å²) in [5, 5.41) is 0. The first-order chi connectivity index (χ1) is 12.6. The fourth-order valence-electron chi connectivity index (χ4n) is 2.59. The normalized spacial score (nSPS) is 11.6. The molecule has 0 radical (unpaired) electrons. The predicted octanol–water partition coefficient (Wildman–Crippen LogP) is 5.97. The van der Waals surface area contributed by atoms with Crippen molar-refractivity contribution in [1.82, 2.24) is 0 Å². The maximum Gasteiger partial charge on any atom is 0.183 e. The first-order valence-electron chi connectivity index (χ1n) is 9.36.